The number of anilines is 2. The van der Waals surface area contributed by atoms with Crippen molar-refractivity contribution in [3.8, 4) is 0 Å². The number of rotatable bonds is 3. The Bertz CT molecular complexity index is 391. The zero-order chi connectivity index (χ0) is 11.6. The standard InChI is InChI=1S/C7H12N6O2/c1-4-5(13(14)15)6(11-12(2)3)10-7(8)9-4/h1-3H3,(H3,8,9,10,11). The monoisotopic (exact) mass is 212 g/mol. The highest BCUT2D eigenvalue weighted by Crippen LogP contribution is 2.25. The molecule has 1 heterocycles. The molecule has 0 saturated heterocycles. The van der Waals surface area contributed by atoms with Gasteiger partial charge in [0.1, 0.15) is 5.69 Å². The fourth-order valence-corrected chi connectivity index (χ4v) is 1.10. The minimum atomic E-state index is -0.541. The molecule has 0 spiro atoms. The maximum absolute atomic E-state index is 10.8. The van der Waals surface area contributed by atoms with Crippen molar-refractivity contribution >= 4 is 17.5 Å². The van der Waals surface area contributed by atoms with Crippen LogP contribution in [-0.2, 0) is 0 Å². The molecule has 0 aliphatic heterocycles. The Morgan fingerprint density at radius 2 is 2.07 bits per heavy atom. The van der Waals surface area contributed by atoms with Gasteiger partial charge in [0, 0.05) is 14.1 Å². The number of aromatic nitrogens is 2. The number of nitrogen functional groups attached to an aromatic ring is 1. The van der Waals surface area contributed by atoms with Crippen molar-refractivity contribution in [2.24, 2.45) is 0 Å². The number of nitro groups is 1. The van der Waals surface area contributed by atoms with Gasteiger partial charge in [0.05, 0.1) is 4.92 Å². The second-order valence-corrected chi connectivity index (χ2v) is 3.13. The summed E-state index contributed by atoms with van der Waals surface area (Å²) in [5.41, 5.74) is 8.16. The Labute approximate surface area is 86.2 Å². The molecule has 0 saturated carbocycles. The van der Waals surface area contributed by atoms with E-state index in [1.807, 2.05) is 0 Å². The molecule has 0 amide bonds. The van der Waals surface area contributed by atoms with Crippen molar-refractivity contribution in [1.82, 2.24) is 15.0 Å². The fourth-order valence-electron chi connectivity index (χ4n) is 1.10. The van der Waals surface area contributed by atoms with Crippen molar-refractivity contribution in [2.45, 2.75) is 6.92 Å². The molecule has 0 unspecified atom stereocenters. The number of hydrazine groups is 1. The van der Waals surface area contributed by atoms with E-state index >= 15 is 0 Å². The highest BCUT2D eigenvalue weighted by atomic mass is 16.6. The van der Waals surface area contributed by atoms with Gasteiger partial charge >= 0.3 is 5.69 Å². The van der Waals surface area contributed by atoms with Gasteiger partial charge in [-0.3, -0.25) is 15.5 Å². The van der Waals surface area contributed by atoms with Crippen LogP contribution in [0.1, 0.15) is 5.69 Å². The van der Waals surface area contributed by atoms with Crippen LogP contribution in [0.4, 0.5) is 17.5 Å². The van der Waals surface area contributed by atoms with Crippen LogP contribution in [0.5, 0.6) is 0 Å². The number of nitrogens with two attached hydrogens (primary N) is 1. The van der Waals surface area contributed by atoms with Gasteiger partial charge in [-0.15, -0.1) is 0 Å². The Hall–Kier alpha value is -1.96. The van der Waals surface area contributed by atoms with Gasteiger partial charge < -0.3 is 5.73 Å². The van der Waals surface area contributed by atoms with E-state index in [4.69, 9.17) is 5.73 Å². The molecule has 1 aromatic heterocycles. The number of hydrogen-bond acceptors (Lipinski definition) is 7. The van der Waals surface area contributed by atoms with E-state index in [9.17, 15) is 10.1 Å². The van der Waals surface area contributed by atoms with Crippen molar-refractivity contribution in [3.63, 3.8) is 0 Å². The molecular weight excluding hydrogens is 200 g/mol. The van der Waals surface area contributed by atoms with Crippen LogP contribution in [0.15, 0.2) is 0 Å². The molecule has 0 aliphatic carbocycles. The van der Waals surface area contributed by atoms with Crippen LogP contribution in [0.3, 0.4) is 0 Å². The Morgan fingerprint density at radius 3 is 2.53 bits per heavy atom. The molecular formula is C7H12N6O2. The van der Waals surface area contributed by atoms with Gasteiger partial charge in [0.2, 0.25) is 11.8 Å². The summed E-state index contributed by atoms with van der Waals surface area (Å²) in [5.74, 6) is 0.0949. The van der Waals surface area contributed by atoms with Crippen molar-refractivity contribution < 1.29 is 4.92 Å². The Balaban J connectivity index is 3.27. The lowest BCUT2D eigenvalue weighted by molar-refractivity contribution is -0.385. The molecule has 82 valence electrons. The summed E-state index contributed by atoms with van der Waals surface area (Å²) in [6, 6.07) is 0. The molecule has 3 N–H and O–H groups in total. The van der Waals surface area contributed by atoms with Crippen LogP contribution >= 0.6 is 0 Å². The minimum Gasteiger partial charge on any atom is -0.368 e. The van der Waals surface area contributed by atoms with Crippen LogP contribution in [0, 0.1) is 17.0 Å². The minimum absolute atomic E-state index is 0.00227. The average Bonchev–Trinajstić information content (AvgIpc) is 1.99. The summed E-state index contributed by atoms with van der Waals surface area (Å²) in [6.45, 7) is 1.51. The van der Waals surface area contributed by atoms with Gasteiger partial charge in [-0.05, 0) is 6.92 Å². The van der Waals surface area contributed by atoms with Crippen LogP contribution in [0.2, 0.25) is 0 Å². The lowest BCUT2D eigenvalue weighted by Crippen LogP contribution is -2.22. The summed E-state index contributed by atoms with van der Waals surface area (Å²) in [6.07, 6.45) is 0. The van der Waals surface area contributed by atoms with E-state index < -0.39 is 4.92 Å². The van der Waals surface area contributed by atoms with Crippen molar-refractivity contribution in [2.75, 3.05) is 25.3 Å². The molecule has 8 heteroatoms. The maximum Gasteiger partial charge on any atom is 0.333 e. The van der Waals surface area contributed by atoms with Crippen molar-refractivity contribution in [1.29, 1.82) is 0 Å². The average molecular weight is 212 g/mol. The molecule has 0 radical (unpaired) electrons. The highest BCUT2D eigenvalue weighted by Gasteiger charge is 2.21. The van der Waals surface area contributed by atoms with E-state index in [0.717, 1.165) is 0 Å². The lowest BCUT2D eigenvalue weighted by atomic mass is 10.3. The first-order valence-corrected chi connectivity index (χ1v) is 4.14. The third-order valence-corrected chi connectivity index (χ3v) is 1.59. The van der Waals surface area contributed by atoms with Gasteiger partial charge in [0.25, 0.3) is 0 Å². The first-order valence-electron chi connectivity index (χ1n) is 4.14. The van der Waals surface area contributed by atoms with Crippen molar-refractivity contribution in [3.05, 3.63) is 15.8 Å². The zero-order valence-corrected chi connectivity index (χ0v) is 8.68. The summed E-state index contributed by atoms with van der Waals surface area (Å²) < 4.78 is 0. The van der Waals surface area contributed by atoms with Crippen LogP contribution < -0.4 is 11.2 Å². The van der Waals surface area contributed by atoms with E-state index in [-0.39, 0.29) is 23.1 Å². The third kappa shape index (κ3) is 2.50. The number of nitrogens with one attached hydrogen (secondary N) is 1. The molecule has 1 aromatic rings. The second kappa shape index (κ2) is 4.05. The number of nitrogens with zero attached hydrogens (tertiary/aromatic N) is 4. The smallest absolute Gasteiger partial charge is 0.333 e. The molecule has 1 rings (SSSR count). The van der Waals surface area contributed by atoms with Gasteiger partial charge in [0.15, 0.2) is 0 Å². The molecule has 8 nitrogen and oxygen atoms in total. The SMILES string of the molecule is Cc1nc(N)nc(NN(C)C)c1[N+](=O)[O-]. The first-order chi connectivity index (χ1) is 6.91. The summed E-state index contributed by atoms with van der Waals surface area (Å²) in [5, 5.41) is 12.3. The van der Waals surface area contributed by atoms with Gasteiger partial charge in [-0.2, -0.15) is 4.98 Å². The first kappa shape index (κ1) is 11.1. The third-order valence-electron chi connectivity index (χ3n) is 1.59. The summed E-state index contributed by atoms with van der Waals surface area (Å²) in [7, 11) is 3.38. The van der Waals surface area contributed by atoms with Gasteiger partial charge in [-0.1, -0.05) is 0 Å². The normalized spacial score (nSPS) is 10.4. The van der Waals surface area contributed by atoms with Crippen LogP contribution in [-0.4, -0.2) is 34.0 Å². The zero-order valence-electron chi connectivity index (χ0n) is 8.68. The number of hydrogen-bond donors (Lipinski definition) is 2. The predicted octanol–water partition coefficient (Wildman–Crippen LogP) is 0.164. The molecule has 0 bridgehead atoms. The van der Waals surface area contributed by atoms with Crippen LogP contribution in [0.25, 0.3) is 0 Å². The van der Waals surface area contributed by atoms with E-state index in [1.165, 1.54) is 11.9 Å². The second-order valence-electron chi connectivity index (χ2n) is 3.13. The molecule has 15 heavy (non-hydrogen) atoms. The Kier molecular flexibility index (Phi) is 3.00. The lowest BCUT2D eigenvalue weighted by Gasteiger charge is -2.13. The number of aryl methyl sites for hydroxylation is 1. The molecule has 0 aromatic carbocycles. The fraction of sp³-hybridized carbons (Fsp3) is 0.429. The maximum atomic E-state index is 10.8. The molecule has 0 aliphatic rings. The summed E-state index contributed by atoms with van der Waals surface area (Å²) >= 11 is 0. The Morgan fingerprint density at radius 1 is 1.47 bits per heavy atom. The topological polar surface area (TPSA) is 110 Å². The summed E-state index contributed by atoms with van der Waals surface area (Å²) in [4.78, 5) is 17.7. The molecule has 0 atom stereocenters. The highest BCUT2D eigenvalue weighted by molar-refractivity contribution is 5.59. The predicted molar refractivity (Wildman–Crippen MR) is 55.1 cm³/mol. The molecule has 0 fully saturated rings. The van der Waals surface area contributed by atoms with E-state index in [1.54, 1.807) is 14.1 Å². The van der Waals surface area contributed by atoms with Gasteiger partial charge in [-0.25, -0.2) is 9.99 Å². The largest absolute Gasteiger partial charge is 0.368 e. The van der Waals surface area contributed by atoms with E-state index in [0.29, 0.717) is 0 Å². The van der Waals surface area contributed by atoms with E-state index in [2.05, 4.69) is 15.4 Å². The quantitative estimate of drug-likeness (QED) is 0.542.